The minimum absolute atomic E-state index is 0.0159. The molecule has 0 spiro atoms. The van der Waals surface area contributed by atoms with E-state index in [2.05, 4.69) is 10.4 Å². The van der Waals surface area contributed by atoms with Gasteiger partial charge < -0.3 is 10.2 Å². The van der Waals surface area contributed by atoms with Gasteiger partial charge in [-0.15, -0.1) is 0 Å². The summed E-state index contributed by atoms with van der Waals surface area (Å²) < 4.78 is 1.04. The summed E-state index contributed by atoms with van der Waals surface area (Å²) in [6, 6.07) is 14.4. The average molecular weight is 431 g/mol. The van der Waals surface area contributed by atoms with Gasteiger partial charge in [-0.1, -0.05) is 35.9 Å². The SMILES string of the molecule is Cc1cc(C)c(NC(=O)Cn2nc(C(=O)N3c4ccccc4CC3C)ccc2=O)c(C)c1. The van der Waals surface area contributed by atoms with Crippen LogP contribution in [0.25, 0.3) is 0 Å². The molecule has 2 heterocycles. The van der Waals surface area contributed by atoms with Crippen molar-refractivity contribution in [2.45, 2.75) is 46.7 Å². The molecular weight excluding hydrogens is 404 g/mol. The number of nitrogens with zero attached hydrogens (tertiary/aromatic N) is 3. The molecule has 1 N–H and O–H groups in total. The minimum atomic E-state index is -0.441. The van der Waals surface area contributed by atoms with Gasteiger partial charge in [0.05, 0.1) is 0 Å². The van der Waals surface area contributed by atoms with Gasteiger partial charge in [0.1, 0.15) is 12.2 Å². The van der Waals surface area contributed by atoms with Crippen LogP contribution in [0.1, 0.15) is 39.7 Å². The van der Waals surface area contributed by atoms with E-state index in [1.165, 1.54) is 12.1 Å². The van der Waals surface area contributed by atoms with Crippen molar-refractivity contribution in [2.75, 3.05) is 10.2 Å². The lowest BCUT2D eigenvalue weighted by atomic mass is 10.1. The number of carbonyl (C=O) groups excluding carboxylic acids is 2. The molecule has 1 aliphatic heterocycles. The largest absolute Gasteiger partial charge is 0.324 e. The Morgan fingerprint density at radius 3 is 2.47 bits per heavy atom. The Balaban J connectivity index is 1.57. The van der Waals surface area contributed by atoms with E-state index in [4.69, 9.17) is 0 Å². The number of anilines is 2. The number of hydrogen-bond donors (Lipinski definition) is 1. The highest BCUT2D eigenvalue weighted by molar-refractivity contribution is 6.06. The lowest BCUT2D eigenvalue weighted by molar-refractivity contribution is -0.117. The molecule has 1 unspecified atom stereocenters. The van der Waals surface area contributed by atoms with Gasteiger partial charge in [0, 0.05) is 23.5 Å². The maximum atomic E-state index is 13.2. The molecule has 0 bridgehead atoms. The minimum Gasteiger partial charge on any atom is -0.324 e. The Hall–Kier alpha value is -3.74. The van der Waals surface area contributed by atoms with Crippen LogP contribution in [0.3, 0.4) is 0 Å². The van der Waals surface area contributed by atoms with Gasteiger partial charge in [-0.2, -0.15) is 5.10 Å². The molecule has 1 aliphatic rings. The number of carbonyl (C=O) groups is 2. The van der Waals surface area contributed by atoms with Crippen LogP contribution in [-0.2, 0) is 17.8 Å². The molecule has 3 aromatic rings. The zero-order chi connectivity index (χ0) is 23.0. The van der Waals surface area contributed by atoms with E-state index in [-0.39, 0.29) is 30.1 Å². The fraction of sp³-hybridized carbons (Fsp3) is 0.280. The summed E-state index contributed by atoms with van der Waals surface area (Å²) >= 11 is 0. The molecule has 0 saturated heterocycles. The summed E-state index contributed by atoms with van der Waals surface area (Å²) in [5.41, 5.74) is 5.37. The predicted molar refractivity (Wildman–Crippen MR) is 124 cm³/mol. The topological polar surface area (TPSA) is 84.3 Å². The Morgan fingerprint density at radius 1 is 1.06 bits per heavy atom. The van der Waals surface area contributed by atoms with E-state index >= 15 is 0 Å². The van der Waals surface area contributed by atoms with Crippen LogP contribution < -0.4 is 15.8 Å². The van der Waals surface area contributed by atoms with Crippen molar-refractivity contribution in [3.05, 3.63) is 86.8 Å². The summed E-state index contributed by atoms with van der Waals surface area (Å²) in [5, 5.41) is 7.09. The summed E-state index contributed by atoms with van der Waals surface area (Å²) in [6.45, 7) is 7.55. The van der Waals surface area contributed by atoms with Crippen LogP contribution in [-0.4, -0.2) is 27.6 Å². The molecule has 7 nitrogen and oxygen atoms in total. The zero-order valence-electron chi connectivity index (χ0n) is 18.7. The second-order valence-electron chi connectivity index (χ2n) is 8.39. The van der Waals surface area contributed by atoms with Crippen LogP contribution in [0.5, 0.6) is 0 Å². The van der Waals surface area contributed by atoms with E-state index in [1.54, 1.807) is 4.90 Å². The molecule has 0 radical (unpaired) electrons. The third-order valence-electron chi connectivity index (χ3n) is 5.75. The maximum absolute atomic E-state index is 13.2. The average Bonchev–Trinajstić information content (AvgIpc) is 3.07. The lowest BCUT2D eigenvalue weighted by Gasteiger charge is -2.22. The molecule has 0 saturated carbocycles. The van der Waals surface area contributed by atoms with Crippen LogP contribution in [0.15, 0.2) is 53.3 Å². The highest BCUT2D eigenvalue weighted by Gasteiger charge is 2.32. The Kier molecular flexibility index (Phi) is 5.65. The molecule has 0 aliphatic carbocycles. The van der Waals surface area contributed by atoms with Gasteiger partial charge in [-0.05, 0) is 62.9 Å². The Morgan fingerprint density at radius 2 is 1.75 bits per heavy atom. The molecule has 1 atom stereocenters. The number of aryl methyl sites for hydroxylation is 3. The first-order chi connectivity index (χ1) is 15.2. The Labute approximate surface area is 186 Å². The molecule has 164 valence electrons. The highest BCUT2D eigenvalue weighted by Crippen LogP contribution is 2.32. The van der Waals surface area contributed by atoms with E-state index < -0.39 is 5.56 Å². The molecule has 0 fully saturated rings. The first-order valence-electron chi connectivity index (χ1n) is 10.6. The van der Waals surface area contributed by atoms with Crippen molar-refractivity contribution in [1.82, 2.24) is 9.78 Å². The van der Waals surface area contributed by atoms with Gasteiger partial charge in [-0.3, -0.25) is 14.4 Å². The highest BCUT2D eigenvalue weighted by atomic mass is 16.2. The Bertz CT molecular complexity index is 1260. The van der Waals surface area contributed by atoms with E-state index in [9.17, 15) is 14.4 Å². The standard InChI is InChI=1S/C25H26N4O3/c1-15-11-16(2)24(17(3)12-15)26-22(30)14-28-23(31)10-9-20(27-28)25(32)29-18(4)13-19-7-5-6-8-21(19)29/h5-12,18H,13-14H2,1-4H3,(H,26,30). The number of rotatable bonds is 4. The first kappa shape index (κ1) is 21.5. The molecule has 4 rings (SSSR count). The van der Waals surface area contributed by atoms with Gasteiger partial charge in [-0.25, -0.2) is 4.68 Å². The third-order valence-corrected chi connectivity index (χ3v) is 5.75. The predicted octanol–water partition coefficient (Wildman–Crippen LogP) is 3.40. The quantitative estimate of drug-likeness (QED) is 0.688. The van der Waals surface area contributed by atoms with Gasteiger partial charge >= 0.3 is 0 Å². The van der Waals surface area contributed by atoms with Crippen molar-refractivity contribution in [1.29, 1.82) is 0 Å². The number of amides is 2. The fourth-order valence-electron chi connectivity index (χ4n) is 4.37. The number of aromatic nitrogens is 2. The fourth-order valence-corrected chi connectivity index (χ4v) is 4.37. The zero-order valence-corrected chi connectivity index (χ0v) is 18.7. The number of fused-ring (bicyclic) bond motifs is 1. The van der Waals surface area contributed by atoms with E-state index in [0.717, 1.165) is 44.7 Å². The van der Waals surface area contributed by atoms with Gasteiger partial charge in [0.25, 0.3) is 11.5 Å². The van der Waals surface area contributed by atoms with Crippen LogP contribution in [0, 0.1) is 20.8 Å². The summed E-state index contributed by atoms with van der Waals surface area (Å²) in [5.74, 6) is -0.666. The summed E-state index contributed by atoms with van der Waals surface area (Å²) in [4.78, 5) is 39.9. The second kappa shape index (κ2) is 8.42. The number of benzene rings is 2. The lowest BCUT2D eigenvalue weighted by Crippen LogP contribution is -2.38. The number of nitrogens with one attached hydrogen (secondary N) is 1. The van der Waals surface area contributed by atoms with Crippen LogP contribution in [0.4, 0.5) is 11.4 Å². The molecule has 2 aromatic carbocycles. The smallest absolute Gasteiger partial charge is 0.278 e. The molecule has 1 aromatic heterocycles. The molecule has 32 heavy (non-hydrogen) atoms. The summed E-state index contributed by atoms with van der Waals surface area (Å²) in [7, 11) is 0. The second-order valence-corrected chi connectivity index (χ2v) is 8.39. The molecule has 7 heteroatoms. The molecular formula is C25H26N4O3. The van der Waals surface area contributed by atoms with Crippen molar-refractivity contribution in [3.63, 3.8) is 0 Å². The van der Waals surface area contributed by atoms with E-state index in [0.29, 0.717) is 0 Å². The van der Waals surface area contributed by atoms with E-state index in [1.807, 2.05) is 64.1 Å². The third kappa shape index (κ3) is 4.06. The number of hydrogen-bond acceptors (Lipinski definition) is 4. The van der Waals surface area contributed by atoms with Crippen molar-refractivity contribution in [3.8, 4) is 0 Å². The number of para-hydroxylation sites is 1. The first-order valence-corrected chi connectivity index (χ1v) is 10.6. The van der Waals surface area contributed by atoms with Gasteiger partial charge in [0.2, 0.25) is 5.91 Å². The normalized spacial score (nSPS) is 14.9. The van der Waals surface area contributed by atoms with Crippen LogP contribution in [0.2, 0.25) is 0 Å². The summed E-state index contributed by atoms with van der Waals surface area (Å²) in [6.07, 6.45) is 0.763. The molecule has 2 amide bonds. The van der Waals surface area contributed by atoms with Crippen molar-refractivity contribution < 1.29 is 9.59 Å². The van der Waals surface area contributed by atoms with Gasteiger partial charge in [0.15, 0.2) is 0 Å². The monoisotopic (exact) mass is 430 g/mol. The maximum Gasteiger partial charge on any atom is 0.278 e. The van der Waals surface area contributed by atoms with Crippen LogP contribution >= 0.6 is 0 Å². The van der Waals surface area contributed by atoms with Crippen molar-refractivity contribution in [2.24, 2.45) is 0 Å². The van der Waals surface area contributed by atoms with Crippen molar-refractivity contribution >= 4 is 23.2 Å².